The zero-order valence-corrected chi connectivity index (χ0v) is 47.2. The Balaban J connectivity index is 5.76. The normalized spacial score (nSPS) is 20.2. The van der Waals surface area contributed by atoms with Gasteiger partial charge in [0.05, 0.1) is 0 Å². The fourth-order valence-electron chi connectivity index (χ4n) is 7.76. The maximum absolute atomic E-state index is 14.0. The van der Waals surface area contributed by atoms with Gasteiger partial charge in [-0.05, 0) is 122 Å². The third-order valence-corrected chi connectivity index (χ3v) is 11.7. The van der Waals surface area contributed by atoms with Gasteiger partial charge in [0, 0.05) is 67.3 Å². The molecule has 0 spiro atoms. The van der Waals surface area contributed by atoms with E-state index in [1.165, 1.54) is 0 Å². The van der Waals surface area contributed by atoms with Crippen LogP contribution < -0.4 is 0 Å². The minimum Gasteiger partial charge on any atom is -0.356 e. The maximum Gasteiger partial charge on any atom is 0.289 e. The van der Waals surface area contributed by atoms with Crippen molar-refractivity contribution in [1.29, 1.82) is 0 Å². The summed E-state index contributed by atoms with van der Waals surface area (Å²) in [6, 6.07) is 0. The van der Waals surface area contributed by atoms with Crippen LogP contribution in [0.1, 0.15) is 187 Å². The Labute approximate surface area is 423 Å². The van der Waals surface area contributed by atoms with E-state index in [0.717, 1.165) is 64.2 Å². The molecule has 0 aromatic carbocycles. The van der Waals surface area contributed by atoms with Crippen molar-refractivity contribution in [3.8, 4) is 0 Å². The van der Waals surface area contributed by atoms with E-state index in [1.807, 2.05) is 0 Å². The summed E-state index contributed by atoms with van der Waals surface area (Å²) >= 11 is 0. The quantitative estimate of drug-likeness (QED) is 0.0414. The van der Waals surface area contributed by atoms with Gasteiger partial charge in [0.15, 0.2) is 75.5 Å². The average molecular weight is 1020 g/mol. The van der Waals surface area contributed by atoms with Crippen LogP contribution in [0.5, 0.6) is 0 Å². The molecule has 0 aliphatic heterocycles. The summed E-state index contributed by atoms with van der Waals surface area (Å²) in [5, 5.41) is 0. The molecule has 0 bridgehead atoms. The molecule has 0 rings (SSSR count). The Kier molecular flexibility index (Phi) is 38.8. The lowest BCUT2D eigenvalue weighted by Gasteiger charge is -2.39. The molecule has 0 heterocycles. The van der Waals surface area contributed by atoms with Crippen molar-refractivity contribution in [3.05, 3.63) is 0 Å². The molecule has 0 radical (unpaired) electrons. The number of ketones is 1. The number of hydrogen-bond acceptors (Lipinski definition) is 19. The van der Waals surface area contributed by atoms with E-state index in [2.05, 4.69) is 13.8 Å². The summed E-state index contributed by atoms with van der Waals surface area (Å²) in [6.07, 6.45) is 2.62. The van der Waals surface area contributed by atoms with Crippen LogP contribution in [-0.2, 0) is 90.1 Å². The zero-order chi connectivity index (χ0) is 53.3. The molecule has 0 saturated carbocycles. The summed E-state index contributed by atoms with van der Waals surface area (Å²) < 4.78 is 105. The van der Waals surface area contributed by atoms with Crippen molar-refractivity contribution in [2.24, 2.45) is 11.8 Å². The van der Waals surface area contributed by atoms with E-state index >= 15 is 0 Å². The number of rotatable bonds is 48. The molecule has 0 aliphatic rings. The first-order valence-electron chi connectivity index (χ1n) is 25.8. The van der Waals surface area contributed by atoms with Crippen LogP contribution in [0.25, 0.3) is 0 Å². The van der Waals surface area contributed by atoms with Gasteiger partial charge in [-0.15, -0.1) is 0 Å². The Morgan fingerprint density at radius 2 is 0.514 bits per heavy atom. The Bertz CT molecular complexity index is 1060. The maximum atomic E-state index is 14.0. The number of unbranched alkanes of at least 4 members (excludes halogenated alkanes) is 6. The van der Waals surface area contributed by atoms with Gasteiger partial charge >= 0.3 is 0 Å². The summed E-state index contributed by atoms with van der Waals surface area (Å²) in [5.74, 6) is -2.90. The van der Waals surface area contributed by atoms with Crippen LogP contribution in [0.15, 0.2) is 0 Å². The van der Waals surface area contributed by atoms with Gasteiger partial charge in [-0.1, -0.05) is 52.4 Å². The molecule has 19 heteroatoms. The van der Waals surface area contributed by atoms with Crippen molar-refractivity contribution in [1.82, 2.24) is 0 Å². The van der Waals surface area contributed by atoms with Crippen molar-refractivity contribution in [2.45, 2.75) is 274 Å². The van der Waals surface area contributed by atoms with Crippen molar-refractivity contribution in [2.75, 3.05) is 42.7 Å². The van der Waals surface area contributed by atoms with E-state index in [1.54, 1.807) is 126 Å². The minimum atomic E-state index is -1.62. The largest absolute Gasteiger partial charge is 0.356 e. The first-order valence-corrected chi connectivity index (χ1v) is 25.8. The molecular weight excluding hydrogens is 917 g/mol. The molecule has 0 saturated heterocycles. The average Bonchev–Trinajstić information content (AvgIpc) is 3.29. The highest BCUT2D eigenvalue weighted by atomic mass is 17.0. The molecule has 0 fully saturated rings. The number of hydrogen-bond donors (Lipinski definition) is 0. The molecule has 0 amide bonds. The topological polar surface area (TPSA) is 183 Å². The number of ether oxygens (including phenoxy) is 18. The molecule has 0 aliphatic carbocycles. The third kappa shape index (κ3) is 31.0. The Hall–Kier alpha value is -1.05. The van der Waals surface area contributed by atoms with Gasteiger partial charge in [0.25, 0.3) is 11.9 Å². The van der Waals surface area contributed by atoms with E-state index in [0.29, 0.717) is 31.5 Å². The predicted molar refractivity (Wildman–Crippen MR) is 262 cm³/mol. The molecular formula is C51H102O19. The van der Waals surface area contributed by atoms with Gasteiger partial charge in [-0.25, -0.2) is 0 Å². The Morgan fingerprint density at radius 3 is 0.700 bits per heavy atom. The Morgan fingerprint density at radius 1 is 0.314 bits per heavy atom. The van der Waals surface area contributed by atoms with Gasteiger partial charge in [-0.2, -0.15) is 0 Å². The third-order valence-electron chi connectivity index (χ3n) is 11.7. The number of methoxy groups -OCH3 is 6. The zero-order valence-electron chi connectivity index (χ0n) is 47.2. The van der Waals surface area contributed by atoms with Gasteiger partial charge in [-0.3, -0.25) is 33.2 Å². The van der Waals surface area contributed by atoms with Gasteiger partial charge < -0.3 is 56.8 Å². The molecule has 420 valence electrons. The molecule has 14 unspecified atom stereocenters. The summed E-state index contributed by atoms with van der Waals surface area (Å²) in [5.41, 5.74) is 0. The monoisotopic (exact) mass is 1020 g/mol. The summed E-state index contributed by atoms with van der Waals surface area (Å²) in [7, 11) is 9.31. The van der Waals surface area contributed by atoms with Crippen molar-refractivity contribution < 1.29 is 90.1 Å². The van der Waals surface area contributed by atoms with Crippen LogP contribution in [0.3, 0.4) is 0 Å². The fourth-order valence-corrected chi connectivity index (χ4v) is 7.76. The van der Waals surface area contributed by atoms with E-state index in [-0.39, 0.29) is 11.8 Å². The predicted octanol–water partition coefficient (Wildman–Crippen LogP) is 10.8. The standard InChI is InChI=1S/C51H102O19/c1-21-47(31-27-23-25-29-33-50(65-41(9)59-35(3)53-15,66-42(10)60-36(4)54-16)67-43(11)61-37(5)55-17)49(52)48(22-2)32-28-24-26-30-34-51(68-44(12)62-38(6)56-18,69-45(13)63-39(7)57-19)70-46(14)64-40(8)58-20/h35-48H,21-34H2,1-20H3. The van der Waals surface area contributed by atoms with E-state index in [4.69, 9.17) is 85.3 Å². The molecule has 19 nitrogen and oxygen atoms in total. The van der Waals surface area contributed by atoms with Crippen LogP contribution in [0.4, 0.5) is 0 Å². The molecule has 0 N–H and O–H groups in total. The highest BCUT2D eigenvalue weighted by Crippen LogP contribution is 2.33. The second-order valence-electron chi connectivity index (χ2n) is 17.6. The number of carbonyl (C=O) groups excluding carboxylic acids is 1. The van der Waals surface area contributed by atoms with Gasteiger partial charge in [0.1, 0.15) is 5.78 Å². The van der Waals surface area contributed by atoms with Crippen LogP contribution >= 0.6 is 0 Å². The number of carbonyl (C=O) groups is 1. The lowest BCUT2D eigenvalue weighted by molar-refractivity contribution is -0.483. The molecule has 14 atom stereocenters. The van der Waals surface area contributed by atoms with Crippen LogP contribution in [0, 0.1) is 11.8 Å². The van der Waals surface area contributed by atoms with Crippen molar-refractivity contribution in [3.63, 3.8) is 0 Å². The second-order valence-corrected chi connectivity index (χ2v) is 17.6. The first kappa shape index (κ1) is 69.0. The highest BCUT2D eigenvalue weighted by Gasteiger charge is 2.42. The van der Waals surface area contributed by atoms with E-state index < -0.39 is 87.4 Å². The van der Waals surface area contributed by atoms with E-state index in [9.17, 15) is 4.79 Å². The summed E-state index contributed by atoms with van der Waals surface area (Å²) in [4.78, 5) is 14.0. The number of Topliss-reactive ketones (excluding diaryl/α,β-unsaturated/α-hetero) is 1. The fraction of sp³-hybridized carbons (Fsp3) is 0.980. The van der Waals surface area contributed by atoms with Gasteiger partial charge in [0.2, 0.25) is 0 Å². The highest BCUT2D eigenvalue weighted by molar-refractivity contribution is 5.83. The van der Waals surface area contributed by atoms with Crippen molar-refractivity contribution >= 4 is 5.78 Å². The summed E-state index contributed by atoms with van der Waals surface area (Å²) in [6.45, 7) is 25.3. The van der Waals surface area contributed by atoms with Crippen LogP contribution in [-0.4, -0.2) is 136 Å². The SMILES string of the molecule is CCC(CCCCCCC(OC(C)OC(C)OC)(OC(C)OC(C)OC)OC(C)OC(C)OC)C(=O)C(CC)CCCCCCC(OC(C)OC(C)OC)(OC(C)OC(C)OC)OC(C)OC(C)OC. The lowest BCUT2D eigenvalue weighted by atomic mass is 9.83. The minimum absolute atomic E-state index is 0.00599. The smallest absolute Gasteiger partial charge is 0.289 e. The molecule has 0 aromatic rings. The first-order chi connectivity index (χ1) is 33.1. The lowest BCUT2D eigenvalue weighted by Crippen LogP contribution is -2.48. The second kappa shape index (κ2) is 39.4. The van der Waals surface area contributed by atoms with Crippen LogP contribution in [0.2, 0.25) is 0 Å². The molecule has 0 aromatic heterocycles. The molecule has 70 heavy (non-hydrogen) atoms.